The van der Waals surface area contributed by atoms with Gasteiger partial charge < -0.3 is 4.74 Å². The van der Waals surface area contributed by atoms with E-state index in [1.165, 1.54) is 0 Å². The Hall–Kier alpha value is 0.310. The Balaban J connectivity index is 2.45. The van der Waals surface area contributed by atoms with Crippen molar-refractivity contribution in [1.29, 1.82) is 0 Å². The highest BCUT2D eigenvalue weighted by Crippen LogP contribution is 1.86. The first-order valence-electron chi connectivity index (χ1n) is 2.39. The minimum atomic E-state index is 0.528. The number of thiol groups is 1. The summed E-state index contributed by atoms with van der Waals surface area (Å²) in [5.41, 5.74) is 0. The summed E-state index contributed by atoms with van der Waals surface area (Å²) in [6, 6.07) is 0. The van der Waals surface area contributed by atoms with Crippen LogP contribution in [0.3, 0.4) is 0 Å². The molecule has 1 nitrogen and oxygen atoms in total. The summed E-state index contributed by atoms with van der Waals surface area (Å²) < 4.78 is 4.90. The van der Waals surface area contributed by atoms with Gasteiger partial charge >= 0.3 is 0 Å². The number of hydrogen-bond acceptors (Lipinski definition) is 2. The van der Waals surface area contributed by atoms with Gasteiger partial charge in [-0.15, -0.1) is 0 Å². The van der Waals surface area contributed by atoms with Gasteiger partial charge in [0.1, 0.15) is 0 Å². The van der Waals surface area contributed by atoms with Gasteiger partial charge in [-0.1, -0.05) is 13.3 Å². The van der Waals surface area contributed by atoms with Gasteiger partial charge in [-0.05, 0) is 6.42 Å². The molecule has 0 saturated carbocycles. The van der Waals surface area contributed by atoms with Crippen molar-refractivity contribution in [1.82, 2.24) is 0 Å². The molecule has 0 amide bonds. The van der Waals surface area contributed by atoms with Gasteiger partial charge in [0.25, 0.3) is 0 Å². The zero-order valence-corrected chi connectivity index (χ0v) is 5.29. The molecule has 1 radical (unpaired) electrons. The SMILES string of the molecule is [CH2]CCCOCS. The molecule has 7 heavy (non-hydrogen) atoms. The van der Waals surface area contributed by atoms with Crippen LogP contribution in [0, 0.1) is 6.92 Å². The number of rotatable bonds is 4. The van der Waals surface area contributed by atoms with Crippen LogP contribution in [0.1, 0.15) is 12.8 Å². The van der Waals surface area contributed by atoms with Gasteiger partial charge in [-0.2, -0.15) is 12.6 Å². The lowest BCUT2D eigenvalue weighted by Gasteiger charge is -1.94. The summed E-state index contributed by atoms with van der Waals surface area (Å²) in [5.74, 6) is 0.528. The maximum Gasteiger partial charge on any atom is 0.0892 e. The third-order valence-corrected chi connectivity index (χ3v) is 0.813. The molecule has 0 heterocycles. The second kappa shape index (κ2) is 6.31. The van der Waals surface area contributed by atoms with Crippen molar-refractivity contribution in [3.8, 4) is 0 Å². The monoisotopic (exact) mass is 119 g/mol. The van der Waals surface area contributed by atoms with Crippen LogP contribution in [0.5, 0.6) is 0 Å². The van der Waals surface area contributed by atoms with E-state index in [9.17, 15) is 0 Å². The third-order valence-electron chi connectivity index (χ3n) is 0.630. The van der Waals surface area contributed by atoms with Crippen molar-refractivity contribution in [2.24, 2.45) is 0 Å². The van der Waals surface area contributed by atoms with Gasteiger partial charge in [-0.3, -0.25) is 0 Å². The minimum Gasteiger partial charge on any atom is -0.371 e. The molecule has 0 atom stereocenters. The summed E-state index contributed by atoms with van der Waals surface area (Å²) in [6.07, 6.45) is 1.99. The second-order valence-electron chi connectivity index (χ2n) is 1.24. The molecule has 0 saturated heterocycles. The van der Waals surface area contributed by atoms with Crippen LogP contribution in [0.4, 0.5) is 0 Å². The molecule has 0 aromatic rings. The molecular formula is C5H11OS. The Morgan fingerprint density at radius 1 is 1.57 bits per heavy atom. The maximum absolute atomic E-state index is 4.90. The number of hydrogen-bond donors (Lipinski definition) is 1. The normalized spacial score (nSPS) is 9.43. The summed E-state index contributed by atoms with van der Waals surface area (Å²) in [5, 5.41) is 0. The molecule has 0 aliphatic carbocycles. The van der Waals surface area contributed by atoms with Crippen LogP contribution in [0.25, 0.3) is 0 Å². The first-order chi connectivity index (χ1) is 3.41. The van der Waals surface area contributed by atoms with Gasteiger partial charge in [-0.25, -0.2) is 0 Å². The standard InChI is InChI=1S/C5H11OS/c1-2-3-4-6-5-7/h7H,1-5H2. The number of unbranched alkanes of at least 4 members (excludes halogenated alkanes) is 1. The minimum absolute atomic E-state index is 0.528. The van der Waals surface area contributed by atoms with Crippen molar-refractivity contribution < 1.29 is 4.74 Å². The Bertz CT molecular complexity index is 27.3. The predicted molar refractivity (Wildman–Crippen MR) is 34.4 cm³/mol. The molecule has 0 aliphatic rings. The Morgan fingerprint density at radius 2 is 2.29 bits per heavy atom. The smallest absolute Gasteiger partial charge is 0.0892 e. The topological polar surface area (TPSA) is 9.23 Å². The fraction of sp³-hybridized carbons (Fsp3) is 0.800. The van der Waals surface area contributed by atoms with E-state index < -0.39 is 0 Å². The van der Waals surface area contributed by atoms with Gasteiger partial charge in [0.2, 0.25) is 0 Å². The van der Waals surface area contributed by atoms with E-state index in [0.29, 0.717) is 5.94 Å². The zero-order chi connectivity index (χ0) is 5.54. The first kappa shape index (κ1) is 7.31. The van der Waals surface area contributed by atoms with Crippen LogP contribution in [0.2, 0.25) is 0 Å². The Morgan fingerprint density at radius 3 is 2.71 bits per heavy atom. The molecule has 0 unspecified atom stereocenters. The van der Waals surface area contributed by atoms with E-state index in [-0.39, 0.29) is 0 Å². The van der Waals surface area contributed by atoms with Gasteiger partial charge in [0.15, 0.2) is 0 Å². The van der Waals surface area contributed by atoms with Gasteiger partial charge in [0.05, 0.1) is 5.94 Å². The predicted octanol–water partition coefficient (Wildman–Crippen LogP) is 1.50. The van der Waals surface area contributed by atoms with Crippen LogP contribution in [0.15, 0.2) is 0 Å². The molecule has 43 valence electrons. The van der Waals surface area contributed by atoms with Crippen molar-refractivity contribution in [2.45, 2.75) is 12.8 Å². The van der Waals surface area contributed by atoms with E-state index in [0.717, 1.165) is 19.4 Å². The molecule has 0 fully saturated rings. The van der Waals surface area contributed by atoms with Gasteiger partial charge in [0, 0.05) is 6.61 Å². The fourth-order valence-electron chi connectivity index (χ4n) is 0.269. The molecule has 0 rings (SSSR count). The Kier molecular flexibility index (Phi) is 6.59. The average Bonchev–Trinajstić information content (AvgIpc) is 1.69. The quantitative estimate of drug-likeness (QED) is 0.335. The average molecular weight is 119 g/mol. The first-order valence-corrected chi connectivity index (χ1v) is 3.03. The molecule has 0 aromatic carbocycles. The highest BCUT2D eigenvalue weighted by Gasteiger charge is 1.79. The molecule has 2 heteroatoms. The molecule has 0 aromatic heterocycles. The van der Waals surface area contributed by atoms with Crippen LogP contribution >= 0.6 is 12.6 Å². The molecule has 0 aliphatic heterocycles. The molecule has 0 bridgehead atoms. The Labute approximate surface area is 50.5 Å². The molecule has 0 spiro atoms. The summed E-state index contributed by atoms with van der Waals surface area (Å²) in [6.45, 7) is 4.45. The van der Waals surface area contributed by atoms with E-state index in [4.69, 9.17) is 4.74 Å². The lowest BCUT2D eigenvalue weighted by molar-refractivity contribution is 0.181. The lowest BCUT2D eigenvalue weighted by atomic mass is 10.4. The van der Waals surface area contributed by atoms with Crippen molar-refractivity contribution in [2.75, 3.05) is 12.5 Å². The summed E-state index contributed by atoms with van der Waals surface area (Å²) in [4.78, 5) is 0. The van der Waals surface area contributed by atoms with Crippen LogP contribution < -0.4 is 0 Å². The van der Waals surface area contributed by atoms with Crippen LogP contribution in [-0.2, 0) is 4.74 Å². The highest BCUT2D eigenvalue weighted by atomic mass is 32.1. The van der Waals surface area contributed by atoms with E-state index in [1.54, 1.807) is 0 Å². The van der Waals surface area contributed by atoms with E-state index >= 15 is 0 Å². The largest absolute Gasteiger partial charge is 0.371 e. The van der Waals surface area contributed by atoms with Crippen molar-refractivity contribution in [3.63, 3.8) is 0 Å². The number of ether oxygens (including phenoxy) is 1. The molecule has 0 N–H and O–H groups in total. The van der Waals surface area contributed by atoms with Crippen molar-refractivity contribution in [3.05, 3.63) is 6.92 Å². The van der Waals surface area contributed by atoms with Crippen molar-refractivity contribution >= 4 is 12.6 Å². The maximum atomic E-state index is 4.90. The van der Waals surface area contributed by atoms with Crippen LogP contribution in [-0.4, -0.2) is 12.5 Å². The molecular weight excluding hydrogens is 108 g/mol. The lowest BCUT2D eigenvalue weighted by Crippen LogP contribution is -1.89. The summed E-state index contributed by atoms with van der Waals surface area (Å²) in [7, 11) is 0. The van der Waals surface area contributed by atoms with E-state index in [1.807, 2.05) is 0 Å². The zero-order valence-electron chi connectivity index (χ0n) is 4.39. The highest BCUT2D eigenvalue weighted by molar-refractivity contribution is 7.80. The van der Waals surface area contributed by atoms with E-state index in [2.05, 4.69) is 19.6 Å². The second-order valence-corrected chi connectivity index (χ2v) is 1.50. The fourth-order valence-corrected chi connectivity index (χ4v) is 0.398. The summed E-state index contributed by atoms with van der Waals surface area (Å²) >= 11 is 3.85. The third kappa shape index (κ3) is 6.31.